The van der Waals surface area contributed by atoms with Crippen molar-refractivity contribution >= 4 is 47.2 Å². The van der Waals surface area contributed by atoms with Gasteiger partial charge in [-0.25, -0.2) is 19.6 Å². The van der Waals surface area contributed by atoms with E-state index in [1.165, 1.54) is 14.2 Å². The van der Waals surface area contributed by atoms with Crippen molar-refractivity contribution in [1.29, 1.82) is 0 Å². The highest BCUT2D eigenvalue weighted by Crippen LogP contribution is 2.58. The molecular formula is C39H42Cl2N8O6. The highest BCUT2D eigenvalue weighted by molar-refractivity contribution is 6.32. The summed E-state index contributed by atoms with van der Waals surface area (Å²) in [4.78, 5) is 70.3. The van der Waals surface area contributed by atoms with Gasteiger partial charge in [0.25, 0.3) is 0 Å². The van der Waals surface area contributed by atoms with E-state index < -0.39 is 24.3 Å². The Kier molecular flexibility index (Phi) is 9.53. The molecule has 288 valence electrons. The van der Waals surface area contributed by atoms with Gasteiger partial charge in [0.15, 0.2) is 0 Å². The minimum Gasteiger partial charge on any atom is -0.453 e. The number of methoxy groups -OCH3 is 2. The number of alkyl carbamates (subject to hydrolysis) is 2. The van der Waals surface area contributed by atoms with Crippen molar-refractivity contribution in [2.24, 2.45) is 17.8 Å². The van der Waals surface area contributed by atoms with Crippen molar-refractivity contribution in [2.75, 3.05) is 14.2 Å². The van der Waals surface area contributed by atoms with Gasteiger partial charge in [-0.2, -0.15) is 0 Å². The van der Waals surface area contributed by atoms with Crippen molar-refractivity contribution in [3.8, 4) is 33.6 Å². The van der Waals surface area contributed by atoms with E-state index in [0.717, 1.165) is 41.5 Å². The number of ether oxygens (including phenoxy) is 2. The van der Waals surface area contributed by atoms with Crippen LogP contribution in [-0.4, -0.2) is 92.1 Å². The van der Waals surface area contributed by atoms with Gasteiger partial charge in [-0.3, -0.25) is 9.59 Å². The summed E-state index contributed by atoms with van der Waals surface area (Å²) in [7, 11) is 2.53. The number of piperidine rings is 2. The standard InChI is InChI=1S/C39H42Cl2N8O6/c1-17-25-16-28(49(31(17)25)37(51)19(3)43-39(53)55-5)35-45-30(33(41)47-35)23-12-8-21(9-13-23)20-6-10-22(11-7-20)29-32(40)46-34(44-29)27-15-24-14-26(24)48(27)36(50)18(2)42-38(52)54-4/h6-13,17-19,24-28,31H,14-16H2,1-5H3,(H,42,52)(H,43,53)(H,44,46)(H,45,47)/t17-,18+,19+,24-,25?,26-,27+,28+,31-/m1/s1. The monoisotopic (exact) mass is 788 g/mol. The number of rotatable bonds is 9. The molecule has 0 spiro atoms. The minimum atomic E-state index is -0.750. The van der Waals surface area contributed by atoms with E-state index >= 15 is 0 Å². The van der Waals surface area contributed by atoms with Crippen molar-refractivity contribution in [2.45, 2.75) is 76.3 Å². The molecule has 16 heteroatoms. The Bertz CT molecular complexity index is 2160. The number of hydrogen-bond acceptors (Lipinski definition) is 8. The van der Waals surface area contributed by atoms with Crippen LogP contribution < -0.4 is 10.6 Å². The number of nitrogens with zero attached hydrogens (tertiary/aromatic N) is 4. The Hall–Kier alpha value is -5.08. The van der Waals surface area contributed by atoms with E-state index in [0.29, 0.717) is 51.1 Å². The third-order valence-electron chi connectivity index (χ3n) is 11.7. The molecule has 1 unspecified atom stereocenters. The first-order valence-corrected chi connectivity index (χ1v) is 19.2. The summed E-state index contributed by atoms with van der Waals surface area (Å²) in [5.74, 6) is 2.02. The van der Waals surface area contributed by atoms with Gasteiger partial charge in [-0.1, -0.05) is 78.7 Å². The molecule has 14 nitrogen and oxygen atoms in total. The van der Waals surface area contributed by atoms with E-state index in [1.807, 2.05) is 58.3 Å². The van der Waals surface area contributed by atoms with Gasteiger partial charge in [-0.05, 0) is 62.0 Å². The number of halogens is 2. The molecule has 4 aromatic rings. The number of H-pyrrole nitrogens is 2. The van der Waals surface area contributed by atoms with Crippen LogP contribution in [0.4, 0.5) is 9.59 Å². The van der Waals surface area contributed by atoms with E-state index in [4.69, 9.17) is 37.9 Å². The fraction of sp³-hybridized carbons (Fsp3) is 0.436. The van der Waals surface area contributed by atoms with Gasteiger partial charge >= 0.3 is 12.2 Å². The Morgan fingerprint density at radius 1 is 0.709 bits per heavy atom. The second-order valence-electron chi connectivity index (χ2n) is 15.0. The molecule has 2 aromatic carbocycles. The SMILES string of the molecule is COC(=O)N[C@@H](C)C(=O)N1[C@@H]2C[C@@H]2C[C@H]1c1nc(-c2ccc(-c3ccc(-c4nc([C@@H]5CC6[C@@H](C)[C@H]6N5C(=O)[C@H](C)NC(=O)OC)[nH]c4Cl)cc3)cc2)c(Cl)[nH]1. The lowest BCUT2D eigenvalue weighted by atomic mass is 10.0. The highest BCUT2D eigenvalue weighted by Gasteiger charge is 2.61. The molecule has 4 amide bonds. The molecule has 2 saturated heterocycles. The summed E-state index contributed by atoms with van der Waals surface area (Å²) >= 11 is 13.4. The maximum atomic E-state index is 13.5. The number of aromatic nitrogens is 4. The second kappa shape index (κ2) is 14.2. The summed E-state index contributed by atoms with van der Waals surface area (Å²) in [5, 5.41) is 5.94. The quantitative estimate of drug-likeness (QED) is 0.149. The Morgan fingerprint density at radius 2 is 1.15 bits per heavy atom. The van der Waals surface area contributed by atoms with Crippen LogP contribution in [0.2, 0.25) is 10.3 Å². The second-order valence-corrected chi connectivity index (χ2v) is 15.8. The van der Waals surface area contributed by atoms with Crippen LogP contribution in [-0.2, 0) is 19.1 Å². The van der Waals surface area contributed by atoms with E-state index in [-0.39, 0.29) is 36.0 Å². The predicted molar refractivity (Wildman–Crippen MR) is 204 cm³/mol. The van der Waals surface area contributed by atoms with Crippen LogP contribution in [0.25, 0.3) is 33.6 Å². The van der Waals surface area contributed by atoms with Crippen molar-refractivity contribution in [3.63, 3.8) is 0 Å². The molecule has 4 N–H and O–H groups in total. The number of amides is 4. The lowest BCUT2D eigenvalue weighted by molar-refractivity contribution is -0.136. The fourth-order valence-electron chi connectivity index (χ4n) is 8.60. The number of imidazole rings is 2. The zero-order valence-corrected chi connectivity index (χ0v) is 32.4. The molecule has 2 saturated carbocycles. The maximum absolute atomic E-state index is 13.5. The van der Waals surface area contributed by atoms with Gasteiger partial charge in [-0.15, -0.1) is 0 Å². The third kappa shape index (κ3) is 6.69. The molecule has 4 heterocycles. The van der Waals surface area contributed by atoms with Gasteiger partial charge in [0.2, 0.25) is 11.8 Å². The molecule has 8 rings (SSSR count). The normalized spacial score (nSPS) is 25.8. The molecule has 4 aliphatic rings. The third-order valence-corrected chi connectivity index (χ3v) is 12.2. The highest BCUT2D eigenvalue weighted by atomic mass is 35.5. The van der Waals surface area contributed by atoms with Gasteiger partial charge in [0.05, 0.1) is 26.3 Å². The average Bonchev–Trinajstić information content (AvgIpc) is 3.71. The number of carbonyl (C=O) groups excluding carboxylic acids is 4. The number of carbonyl (C=O) groups is 4. The Balaban J connectivity index is 0.958. The summed E-state index contributed by atoms with van der Waals surface area (Å²) in [5.41, 5.74) is 4.81. The van der Waals surface area contributed by atoms with Crippen LogP contribution >= 0.6 is 23.2 Å². The van der Waals surface area contributed by atoms with Crippen LogP contribution in [0.15, 0.2) is 48.5 Å². The van der Waals surface area contributed by atoms with E-state index in [9.17, 15) is 19.2 Å². The summed E-state index contributed by atoms with van der Waals surface area (Å²) in [6.45, 7) is 5.44. The van der Waals surface area contributed by atoms with Crippen LogP contribution in [0.5, 0.6) is 0 Å². The van der Waals surface area contributed by atoms with Crippen LogP contribution in [0.3, 0.4) is 0 Å². The maximum Gasteiger partial charge on any atom is 0.407 e. The zero-order valence-electron chi connectivity index (χ0n) is 30.9. The Morgan fingerprint density at radius 3 is 1.62 bits per heavy atom. The number of hydrogen-bond donors (Lipinski definition) is 4. The fourth-order valence-corrected chi connectivity index (χ4v) is 9.09. The minimum absolute atomic E-state index is 0.0920. The topological polar surface area (TPSA) is 175 Å². The zero-order chi connectivity index (χ0) is 38.9. The number of nitrogens with one attached hydrogen (secondary N) is 4. The average molecular weight is 790 g/mol. The molecule has 9 atom stereocenters. The lowest BCUT2D eigenvalue weighted by Gasteiger charge is -2.30. The van der Waals surface area contributed by atoms with E-state index in [1.54, 1.807) is 13.8 Å². The molecule has 2 aliphatic carbocycles. The number of aromatic amines is 2. The molecular weight excluding hydrogens is 747 g/mol. The molecule has 0 bridgehead atoms. The van der Waals surface area contributed by atoms with Crippen LogP contribution in [0, 0.1) is 17.8 Å². The molecule has 0 radical (unpaired) electrons. The number of benzene rings is 2. The molecule has 4 fully saturated rings. The smallest absolute Gasteiger partial charge is 0.407 e. The molecule has 2 aromatic heterocycles. The summed E-state index contributed by atoms with van der Waals surface area (Å²) < 4.78 is 9.37. The van der Waals surface area contributed by atoms with Gasteiger partial charge in [0.1, 0.15) is 45.4 Å². The van der Waals surface area contributed by atoms with Crippen molar-refractivity contribution in [3.05, 3.63) is 70.5 Å². The number of likely N-dealkylation sites (tertiary alicyclic amines) is 2. The van der Waals surface area contributed by atoms with Crippen molar-refractivity contribution < 1.29 is 28.7 Å². The van der Waals surface area contributed by atoms with Crippen molar-refractivity contribution in [1.82, 2.24) is 40.4 Å². The van der Waals surface area contributed by atoms with E-state index in [2.05, 4.69) is 32.3 Å². The summed E-state index contributed by atoms with van der Waals surface area (Å²) in [6, 6.07) is 14.0. The predicted octanol–water partition coefficient (Wildman–Crippen LogP) is 6.50. The molecule has 2 aliphatic heterocycles. The van der Waals surface area contributed by atoms with Crippen LogP contribution in [0.1, 0.15) is 63.8 Å². The molecule has 55 heavy (non-hydrogen) atoms. The lowest BCUT2D eigenvalue weighted by Crippen LogP contribution is -2.48. The number of fused-ring (bicyclic) bond motifs is 2. The first-order valence-electron chi connectivity index (χ1n) is 18.4. The Labute approximate surface area is 327 Å². The summed E-state index contributed by atoms with van der Waals surface area (Å²) in [6.07, 6.45) is 1.17. The largest absolute Gasteiger partial charge is 0.453 e. The first-order chi connectivity index (χ1) is 26.4. The van der Waals surface area contributed by atoms with Gasteiger partial charge in [0, 0.05) is 23.2 Å². The first kappa shape index (κ1) is 36.9. The van der Waals surface area contributed by atoms with Gasteiger partial charge < -0.3 is 39.9 Å².